The number of aryl methyl sites for hydroxylation is 2. The van der Waals surface area contributed by atoms with Crippen LogP contribution in [0.25, 0.3) is 44.0 Å². The number of pyridine rings is 1. The number of fused-ring (bicyclic) bond motifs is 4. The summed E-state index contributed by atoms with van der Waals surface area (Å²) in [6, 6.07) is 12.2. The molecule has 12 rings (SSSR count). The Balaban J connectivity index is 0.699. The van der Waals surface area contributed by atoms with Crippen molar-refractivity contribution in [2.45, 2.75) is 191 Å². The lowest BCUT2D eigenvalue weighted by Crippen LogP contribution is -2.50. The van der Waals surface area contributed by atoms with Gasteiger partial charge in [0.15, 0.2) is 5.82 Å². The van der Waals surface area contributed by atoms with E-state index in [0.717, 1.165) is 74.7 Å². The summed E-state index contributed by atoms with van der Waals surface area (Å²) in [6.45, 7) is 21.8. The second-order valence-electron chi connectivity index (χ2n) is 27.3. The number of halogens is 2. The largest absolute Gasteiger partial charge is 0.543 e. The number of rotatable bonds is 17. The van der Waals surface area contributed by atoms with Gasteiger partial charge in [0.2, 0.25) is 11.8 Å². The molecule has 89 heavy (non-hydrogen) atoms. The molecule has 6 saturated heterocycles. The average molecular weight is 1240 g/mol. The first-order chi connectivity index (χ1) is 42.6. The molecule has 0 saturated carbocycles. The zero-order chi connectivity index (χ0) is 62.8. The van der Waals surface area contributed by atoms with E-state index in [0.29, 0.717) is 90.7 Å². The summed E-state index contributed by atoms with van der Waals surface area (Å²) in [5.41, 5.74) is 2.44. The van der Waals surface area contributed by atoms with E-state index in [2.05, 4.69) is 56.7 Å². The third kappa shape index (κ3) is 11.8. The molecule has 4 atom stereocenters. The van der Waals surface area contributed by atoms with Gasteiger partial charge in [-0.15, -0.1) is 0 Å². The van der Waals surface area contributed by atoms with Crippen molar-refractivity contribution in [3.05, 3.63) is 76.3 Å². The van der Waals surface area contributed by atoms with Crippen molar-refractivity contribution in [3.63, 3.8) is 0 Å². The molecule has 22 heteroatoms. The molecule has 2 N–H and O–H groups in total. The summed E-state index contributed by atoms with van der Waals surface area (Å²) in [6.07, 6.45) is 10.1. The Bertz CT molecular complexity index is 3720. The van der Waals surface area contributed by atoms with Gasteiger partial charge in [0, 0.05) is 76.2 Å². The van der Waals surface area contributed by atoms with Gasteiger partial charge < -0.3 is 38.4 Å². The number of aromatic nitrogens is 5. The van der Waals surface area contributed by atoms with Crippen molar-refractivity contribution < 1.29 is 46.9 Å². The molecule has 478 valence electrons. The van der Waals surface area contributed by atoms with E-state index in [1.807, 2.05) is 42.2 Å². The number of carbonyl (C=O) groups is 3. The van der Waals surface area contributed by atoms with Gasteiger partial charge >= 0.3 is 17.8 Å². The number of anilines is 2. The highest BCUT2D eigenvalue weighted by Gasteiger charge is 2.51. The fourth-order valence-electron chi connectivity index (χ4n) is 16.3. The summed E-state index contributed by atoms with van der Waals surface area (Å²) < 4.78 is 63.6. The molecule has 19 nitrogen and oxygen atoms in total. The number of likely N-dealkylation sites (tertiary alicyclic amines) is 1. The SMILES string of the molecule is CCc1c(F)ccc2cc(O[Si](C(C)C)(C(C)C)C(C)C)cc(-c3ncc4c(N5CCC[C@@](C)(O)C5)nc(OC[C@@]56CCCN5[C@H](COC(=O)N5CCC(OC7CCN(c8ccc9c(c8)n(C)c(=O)n9C8CCC(=O)NC8=O)CC7)CC5)CC6)nc4c3F)c12. The van der Waals surface area contributed by atoms with Gasteiger partial charge in [-0.25, -0.2) is 18.4 Å². The van der Waals surface area contributed by atoms with Gasteiger partial charge in [-0.3, -0.25) is 33.9 Å². The van der Waals surface area contributed by atoms with Crippen LogP contribution in [0.5, 0.6) is 11.8 Å². The Labute approximate surface area is 520 Å². The smallest absolute Gasteiger partial charge is 0.409 e. The molecule has 0 radical (unpaired) electrons. The Morgan fingerprint density at radius 1 is 0.831 bits per heavy atom. The van der Waals surface area contributed by atoms with Gasteiger partial charge in [0.05, 0.1) is 39.8 Å². The van der Waals surface area contributed by atoms with Crippen molar-refractivity contribution in [1.29, 1.82) is 0 Å². The minimum Gasteiger partial charge on any atom is -0.543 e. The number of aliphatic hydroxyl groups is 1. The van der Waals surface area contributed by atoms with Gasteiger partial charge in [-0.05, 0) is 160 Å². The monoisotopic (exact) mass is 1240 g/mol. The van der Waals surface area contributed by atoms with Crippen LogP contribution in [0.15, 0.2) is 53.5 Å². The normalized spacial score (nSPS) is 23.5. The maximum absolute atomic E-state index is 18.0. The summed E-state index contributed by atoms with van der Waals surface area (Å²) in [5, 5.41) is 15.4. The van der Waals surface area contributed by atoms with Crippen LogP contribution in [0.2, 0.25) is 16.6 Å². The Morgan fingerprint density at radius 2 is 1.55 bits per heavy atom. The van der Waals surface area contributed by atoms with Gasteiger partial charge in [-0.2, -0.15) is 9.97 Å². The predicted molar refractivity (Wildman–Crippen MR) is 341 cm³/mol. The van der Waals surface area contributed by atoms with Crippen LogP contribution in [0.1, 0.15) is 144 Å². The molecule has 6 aromatic rings. The molecule has 3 aromatic heterocycles. The summed E-state index contributed by atoms with van der Waals surface area (Å²) in [4.78, 5) is 74.8. The van der Waals surface area contributed by atoms with Gasteiger partial charge in [-0.1, -0.05) is 54.5 Å². The van der Waals surface area contributed by atoms with E-state index >= 15 is 8.78 Å². The molecule has 6 aliphatic rings. The van der Waals surface area contributed by atoms with Crippen LogP contribution in [0, 0.1) is 11.6 Å². The van der Waals surface area contributed by atoms with Crippen molar-refractivity contribution in [3.8, 4) is 23.0 Å². The fraction of sp³-hybridized carbons (Fsp3) is 0.597. The van der Waals surface area contributed by atoms with E-state index in [1.54, 1.807) is 35.7 Å². The van der Waals surface area contributed by atoms with E-state index in [1.165, 1.54) is 10.6 Å². The molecule has 0 bridgehead atoms. The van der Waals surface area contributed by atoms with Crippen molar-refractivity contribution in [1.82, 2.24) is 39.2 Å². The van der Waals surface area contributed by atoms with Crippen molar-refractivity contribution >= 4 is 70.4 Å². The van der Waals surface area contributed by atoms with Crippen LogP contribution in [0.3, 0.4) is 0 Å². The number of β-amino-alcohol motifs (C(OH)–C–C–N with tert-alkyl or cyclic N) is 1. The molecule has 0 spiro atoms. The summed E-state index contributed by atoms with van der Waals surface area (Å²) >= 11 is 0. The van der Waals surface area contributed by atoms with E-state index in [4.69, 9.17) is 33.6 Å². The first-order valence-electron chi connectivity index (χ1n) is 32.6. The second kappa shape index (κ2) is 24.8. The Morgan fingerprint density at radius 3 is 2.25 bits per heavy atom. The predicted octanol–water partition coefficient (Wildman–Crippen LogP) is 10.9. The van der Waals surface area contributed by atoms with Crippen LogP contribution in [0.4, 0.5) is 25.1 Å². The highest BCUT2D eigenvalue weighted by Crippen LogP contribution is 2.47. The lowest BCUT2D eigenvalue weighted by molar-refractivity contribution is -0.135. The summed E-state index contributed by atoms with van der Waals surface area (Å²) in [5.74, 6) is -0.815. The topological polar surface area (TPSA) is 199 Å². The summed E-state index contributed by atoms with van der Waals surface area (Å²) in [7, 11) is -0.785. The zero-order valence-electron chi connectivity index (χ0n) is 53.2. The van der Waals surface area contributed by atoms with E-state index < -0.39 is 31.7 Å². The third-order valence-corrected chi connectivity index (χ3v) is 26.8. The number of imidazole rings is 1. The number of carbonyl (C=O) groups excluding carboxylic acids is 3. The first-order valence-corrected chi connectivity index (χ1v) is 34.8. The van der Waals surface area contributed by atoms with Crippen LogP contribution in [-0.2, 0) is 32.5 Å². The number of nitrogens with zero attached hydrogens (tertiary/aromatic N) is 9. The van der Waals surface area contributed by atoms with E-state index in [9.17, 15) is 24.3 Å². The van der Waals surface area contributed by atoms with Crippen molar-refractivity contribution in [2.24, 2.45) is 7.05 Å². The minimum atomic E-state index is -2.49. The molecule has 1 unspecified atom stereocenters. The number of ether oxygens (including phenoxy) is 3. The molecule has 0 aliphatic carbocycles. The standard InChI is InChI=1S/C67H88F2N10O9Si/c1-10-49-52(68)15-13-43-33-48(88-89(40(2)3,41(4)5)42(6)7)35-50(57(43)49)59-58(69)60-51(36-70-59)61(77-27-11-24-66(8,84)38-77)73-63(72-60)86-39-67-25-12-28-78(67)45(19-26-67)37-85-65(83)76-31-22-47(23-32-76)87-46-20-29-75(30-21-46)44-14-16-53-55(34-44)74(9)64(82)79(53)54-17-18-56(80)71-62(54)81/h13-16,33-36,40-42,45-47,54,84H,10-12,17-32,37-39H2,1-9H3,(H,71,80,81)/t45-,54?,66+,67-/m0/s1. The molecule has 9 heterocycles. The molecular formula is C67H88F2N10O9Si. The zero-order valence-corrected chi connectivity index (χ0v) is 54.2. The highest BCUT2D eigenvalue weighted by molar-refractivity contribution is 6.78. The number of benzene rings is 3. The van der Waals surface area contributed by atoms with Gasteiger partial charge in [0.25, 0.3) is 8.32 Å². The van der Waals surface area contributed by atoms with Crippen LogP contribution in [-0.4, -0.2) is 154 Å². The molecule has 6 fully saturated rings. The fourth-order valence-corrected chi connectivity index (χ4v) is 21.5. The quantitative estimate of drug-likeness (QED) is 0.0645. The minimum absolute atomic E-state index is 0.0112. The molecule has 3 amide bonds. The second-order valence-corrected chi connectivity index (χ2v) is 32.7. The maximum atomic E-state index is 18.0. The number of piperidine rings is 4. The Kier molecular flexibility index (Phi) is 17.4. The average Bonchev–Trinajstić information content (AvgIpc) is 1.71. The van der Waals surface area contributed by atoms with E-state index in [-0.39, 0.29) is 114 Å². The number of imide groups is 1. The number of hydrogen-bond acceptors (Lipinski definition) is 15. The molecular weight excluding hydrogens is 1150 g/mol. The van der Waals surface area contributed by atoms with Crippen molar-refractivity contribution in [2.75, 3.05) is 68.8 Å². The lowest BCUT2D eigenvalue weighted by atomic mass is 9.94. The highest BCUT2D eigenvalue weighted by atomic mass is 28.4. The Hall–Kier alpha value is -6.75. The number of hydrogen-bond donors (Lipinski definition) is 2. The first kappa shape index (κ1) is 62.4. The van der Waals surface area contributed by atoms with Gasteiger partial charge in [0.1, 0.15) is 47.9 Å². The third-order valence-electron chi connectivity index (χ3n) is 20.8. The maximum Gasteiger partial charge on any atom is 0.409 e. The lowest BCUT2D eigenvalue weighted by Gasteiger charge is -2.42. The van der Waals surface area contributed by atoms with Crippen LogP contribution >= 0.6 is 0 Å². The van der Waals surface area contributed by atoms with Crippen LogP contribution < -0.4 is 30.0 Å². The molecule has 3 aromatic carbocycles. The number of nitrogens with one attached hydrogen (secondary N) is 1. The number of amides is 3. The molecule has 6 aliphatic heterocycles.